The number of hydrogen-bond acceptors (Lipinski definition) is 9. The molecule has 4 rings (SSSR count). The van der Waals surface area contributed by atoms with Crippen LogP contribution in [0.1, 0.15) is 17.1 Å². The molecule has 0 radical (unpaired) electrons. The number of ether oxygens (including phenoxy) is 1. The van der Waals surface area contributed by atoms with Crippen molar-refractivity contribution in [3.05, 3.63) is 64.8 Å². The largest absolute Gasteiger partial charge is 0.439 e. The molecular weight excluding hydrogens is 478 g/mol. The Bertz CT molecular complexity index is 1220. The van der Waals surface area contributed by atoms with Crippen LogP contribution in [-0.4, -0.2) is 66.5 Å². The number of anilines is 1. The zero-order valence-electron chi connectivity index (χ0n) is 18.8. The van der Waals surface area contributed by atoms with Gasteiger partial charge in [0.15, 0.2) is 0 Å². The van der Waals surface area contributed by atoms with Crippen LogP contribution in [0.5, 0.6) is 11.6 Å². The van der Waals surface area contributed by atoms with Gasteiger partial charge in [-0.1, -0.05) is 23.7 Å². The maximum absolute atomic E-state index is 11.3. The molecule has 0 unspecified atom stereocenters. The van der Waals surface area contributed by atoms with E-state index >= 15 is 0 Å². The van der Waals surface area contributed by atoms with Gasteiger partial charge in [-0.3, -0.25) is 0 Å². The second-order valence-corrected chi connectivity index (χ2v) is 10.2. The normalized spacial score (nSPS) is 14.9. The number of benzene rings is 1. The maximum Gasteiger partial charge on any atom is 0.228 e. The molecule has 0 atom stereocenters. The summed E-state index contributed by atoms with van der Waals surface area (Å²) in [5.74, 6) is 2.01. The van der Waals surface area contributed by atoms with Crippen molar-refractivity contribution in [1.82, 2.24) is 24.8 Å². The fourth-order valence-corrected chi connectivity index (χ4v) is 4.26. The monoisotopic (exact) mass is 503 g/mol. The van der Waals surface area contributed by atoms with Crippen LogP contribution in [0.4, 0.5) is 5.95 Å². The highest BCUT2D eigenvalue weighted by Crippen LogP contribution is 2.24. The van der Waals surface area contributed by atoms with Crippen molar-refractivity contribution in [2.45, 2.75) is 18.6 Å². The number of halogens is 1. The van der Waals surface area contributed by atoms with Gasteiger partial charge in [-0.05, 0) is 31.2 Å². The summed E-state index contributed by atoms with van der Waals surface area (Å²) in [6.45, 7) is 3.49. The van der Waals surface area contributed by atoms with E-state index in [1.54, 1.807) is 42.7 Å². The number of nitrogens with two attached hydrogens (primary N) is 1. The van der Waals surface area contributed by atoms with Crippen LogP contribution < -0.4 is 14.8 Å². The molecule has 0 aliphatic carbocycles. The molecule has 1 fully saturated rings. The van der Waals surface area contributed by atoms with Gasteiger partial charge in [-0.25, -0.2) is 28.5 Å². The molecule has 1 aliphatic heterocycles. The SMILES string of the molecule is CN1CCN(c2nc(CCc3ncc(Cl)cn3)cc(Oc3ccc(CS(N)(=O)=O)cc3)n2)CC1. The van der Waals surface area contributed by atoms with Crippen molar-refractivity contribution in [2.24, 2.45) is 5.14 Å². The predicted molar refractivity (Wildman–Crippen MR) is 130 cm³/mol. The summed E-state index contributed by atoms with van der Waals surface area (Å²) in [6.07, 6.45) is 4.36. The number of hydrogen-bond donors (Lipinski definition) is 1. The Morgan fingerprint density at radius 2 is 1.71 bits per heavy atom. The van der Waals surface area contributed by atoms with Gasteiger partial charge in [-0.15, -0.1) is 0 Å². The Kier molecular flexibility index (Phi) is 7.57. The van der Waals surface area contributed by atoms with Gasteiger partial charge < -0.3 is 14.5 Å². The Morgan fingerprint density at radius 1 is 1.03 bits per heavy atom. The fourth-order valence-electron chi connectivity index (χ4n) is 3.50. The molecule has 1 aliphatic rings. The lowest BCUT2D eigenvalue weighted by Crippen LogP contribution is -2.45. The van der Waals surface area contributed by atoms with Crippen LogP contribution in [0.3, 0.4) is 0 Å². The van der Waals surface area contributed by atoms with Crippen LogP contribution in [0.15, 0.2) is 42.7 Å². The van der Waals surface area contributed by atoms with E-state index in [1.165, 1.54) is 0 Å². The minimum atomic E-state index is -3.60. The van der Waals surface area contributed by atoms with E-state index in [2.05, 4.69) is 31.8 Å². The summed E-state index contributed by atoms with van der Waals surface area (Å²) in [7, 11) is -1.50. The van der Waals surface area contributed by atoms with Gasteiger partial charge in [0, 0.05) is 51.1 Å². The number of aromatic nitrogens is 4. The summed E-state index contributed by atoms with van der Waals surface area (Å²) in [5, 5.41) is 5.61. The number of aryl methyl sites for hydroxylation is 2. The highest BCUT2D eigenvalue weighted by Gasteiger charge is 2.19. The minimum absolute atomic E-state index is 0.231. The first kappa shape index (κ1) is 24.3. The lowest BCUT2D eigenvalue weighted by Gasteiger charge is -2.32. The van der Waals surface area contributed by atoms with E-state index in [0.717, 1.165) is 31.9 Å². The summed E-state index contributed by atoms with van der Waals surface area (Å²) in [5.41, 5.74) is 1.39. The lowest BCUT2D eigenvalue weighted by molar-refractivity contribution is 0.310. The molecule has 180 valence electrons. The van der Waals surface area contributed by atoms with Gasteiger partial charge in [-0.2, -0.15) is 4.98 Å². The number of likely N-dealkylation sites (N-methyl/N-ethyl adjacent to an activating group) is 1. The molecule has 12 heteroatoms. The van der Waals surface area contributed by atoms with Crippen LogP contribution in [0.2, 0.25) is 5.02 Å². The van der Waals surface area contributed by atoms with Crippen molar-refractivity contribution in [3.63, 3.8) is 0 Å². The standard InChI is InChI=1S/C22H26ClN7O3S/c1-29-8-10-30(11-9-29)22-27-18(4-7-20-25-13-17(23)14-26-20)12-21(28-22)33-19-5-2-16(3-6-19)15-34(24,31)32/h2-3,5-6,12-14H,4,7-11,15H2,1H3,(H2,24,31,32). The molecule has 3 aromatic rings. The third-order valence-electron chi connectivity index (χ3n) is 5.32. The van der Waals surface area contributed by atoms with Crippen molar-refractivity contribution in [1.29, 1.82) is 0 Å². The molecule has 3 heterocycles. The fraction of sp³-hybridized carbons (Fsp3) is 0.364. The highest BCUT2D eigenvalue weighted by molar-refractivity contribution is 7.88. The second-order valence-electron chi connectivity index (χ2n) is 8.16. The number of rotatable bonds is 8. The third-order valence-corrected chi connectivity index (χ3v) is 6.25. The Balaban J connectivity index is 1.54. The smallest absolute Gasteiger partial charge is 0.228 e. The number of sulfonamides is 1. The Labute approximate surface area is 203 Å². The molecule has 34 heavy (non-hydrogen) atoms. The second kappa shape index (κ2) is 10.6. The molecule has 2 aromatic heterocycles. The maximum atomic E-state index is 11.3. The Hall–Kier alpha value is -2.86. The molecular formula is C22H26ClN7O3S. The van der Waals surface area contributed by atoms with Gasteiger partial charge in [0.05, 0.1) is 16.5 Å². The quantitative estimate of drug-likeness (QED) is 0.491. The minimum Gasteiger partial charge on any atom is -0.439 e. The molecule has 0 saturated carbocycles. The first-order chi connectivity index (χ1) is 16.2. The number of piperazine rings is 1. The summed E-state index contributed by atoms with van der Waals surface area (Å²) in [4.78, 5) is 22.3. The lowest BCUT2D eigenvalue weighted by atomic mass is 10.2. The summed E-state index contributed by atoms with van der Waals surface area (Å²) < 4.78 is 28.6. The van der Waals surface area contributed by atoms with E-state index in [0.29, 0.717) is 46.8 Å². The number of primary sulfonamides is 1. The zero-order chi connectivity index (χ0) is 24.1. The first-order valence-electron chi connectivity index (χ1n) is 10.8. The molecule has 1 saturated heterocycles. The highest BCUT2D eigenvalue weighted by atomic mass is 35.5. The number of nitrogens with zero attached hydrogens (tertiary/aromatic N) is 6. The Morgan fingerprint density at radius 3 is 2.35 bits per heavy atom. The summed E-state index contributed by atoms with van der Waals surface area (Å²) >= 11 is 5.88. The topological polar surface area (TPSA) is 127 Å². The van der Waals surface area contributed by atoms with Gasteiger partial charge in [0.2, 0.25) is 21.9 Å². The average molecular weight is 504 g/mol. The van der Waals surface area contributed by atoms with E-state index in [9.17, 15) is 8.42 Å². The van der Waals surface area contributed by atoms with E-state index < -0.39 is 10.0 Å². The van der Waals surface area contributed by atoms with Crippen molar-refractivity contribution >= 4 is 27.6 Å². The van der Waals surface area contributed by atoms with Crippen LogP contribution in [0.25, 0.3) is 0 Å². The molecule has 1 aromatic carbocycles. The average Bonchev–Trinajstić information content (AvgIpc) is 2.79. The first-order valence-corrected chi connectivity index (χ1v) is 12.9. The van der Waals surface area contributed by atoms with Gasteiger partial charge in [0.25, 0.3) is 0 Å². The molecule has 2 N–H and O–H groups in total. The van der Waals surface area contributed by atoms with E-state index in [4.69, 9.17) is 26.5 Å². The molecule has 0 amide bonds. The van der Waals surface area contributed by atoms with Crippen molar-refractivity contribution in [2.75, 3.05) is 38.1 Å². The third kappa shape index (κ3) is 7.07. The molecule has 0 bridgehead atoms. The van der Waals surface area contributed by atoms with Crippen LogP contribution in [0, 0.1) is 0 Å². The van der Waals surface area contributed by atoms with Gasteiger partial charge in [0.1, 0.15) is 11.6 Å². The van der Waals surface area contributed by atoms with Gasteiger partial charge >= 0.3 is 0 Å². The van der Waals surface area contributed by atoms with Crippen LogP contribution in [-0.2, 0) is 28.6 Å². The van der Waals surface area contributed by atoms with E-state index in [1.807, 2.05) is 0 Å². The van der Waals surface area contributed by atoms with E-state index in [-0.39, 0.29) is 5.75 Å². The molecule has 0 spiro atoms. The predicted octanol–water partition coefficient (Wildman–Crippen LogP) is 2.04. The summed E-state index contributed by atoms with van der Waals surface area (Å²) in [6, 6.07) is 8.52. The van der Waals surface area contributed by atoms with Crippen molar-refractivity contribution in [3.8, 4) is 11.6 Å². The zero-order valence-corrected chi connectivity index (χ0v) is 20.3. The molecule has 10 nitrogen and oxygen atoms in total. The van der Waals surface area contributed by atoms with Crippen molar-refractivity contribution < 1.29 is 13.2 Å². The van der Waals surface area contributed by atoms with Crippen LogP contribution >= 0.6 is 11.6 Å².